The molecule has 0 atom stereocenters. The van der Waals surface area contributed by atoms with Crippen LogP contribution in [0.2, 0.25) is 0 Å². The van der Waals surface area contributed by atoms with E-state index in [0.29, 0.717) is 11.8 Å². The third-order valence-corrected chi connectivity index (χ3v) is 1.16. The van der Waals surface area contributed by atoms with Gasteiger partial charge in [0.1, 0.15) is 12.1 Å². The third kappa shape index (κ3) is 2.05. The van der Waals surface area contributed by atoms with E-state index in [4.69, 9.17) is 5.11 Å². The highest BCUT2D eigenvalue weighted by molar-refractivity contribution is 5.83. The third-order valence-electron chi connectivity index (χ3n) is 1.16. The lowest BCUT2D eigenvalue weighted by Crippen LogP contribution is -2.08. The number of aromatic nitrogens is 1. The van der Waals surface area contributed by atoms with E-state index in [2.05, 4.69) is 4.98 Å². The van der Waals surface area contributed by atoms with Crippen molar-refractivity contribution >= 4 is 18.2 Å². The molecule has 0 spiro atoms. The first kappa shape index (κ1) is 8.19. The van der Waals surface area contributed by atoms with Crippen molar-refractivity contribution in [1.29, 1.82) is 0 Å². The summed E-state index contributed by atoms with van der Waals surface area (Å²) in [7, 11) is 0. The van der Waals surface area contributed by atoms with Crippen LogP contribution in [-0.4, -0.2) is 22.5 Å². The normalized spacial score (nSPS) is 9.00. The maximum absolute atomic E-state index is 10.2. The number of nitrogens with one attached hydrogen (secondary N) is 1. The molecular weight excluding hydrogens is 160 g/mol. The van der Waals surface area contributed by atoms with E-state index in [1.807, 2.05) is 5.32 Å². The van der Waals surface area contributed by atoms with Crippen molar-refractivity contribution in [2.75, 3.05) is 5.32 Å². The van der Waals surface area contributed by atoms with Gasteiger partial charge < -0.3 is 5.11 Å². The lowest BCUT2D eigenvalue weighted by atomic mass is 10.3. The summed E-state index contributed by atoms with van der Waals surface area (Å²) in [6, 6.07) is 2.83. The van der Waals surface area contributed by atoms with Crippen molar-refractivity contribution < 1.29 is 14.7 Å². The number of carboxylic acid groups (broad SMARTS) is 1. The first-order chi connectivity index (χ1) is 5.72. The van der Waals surface area contributed by atoms with Crippen molar-refractivity contribution in [2.24, 2.45) is 0 Å². The van der Waals surface area contributed by atoms with Crippen LogP contribution in [0.1, 0.15) is 10.4 Å². The van der Waals surface area contributed by atoms with Crippen molar-refractivity contribution in [3.05, 3.63) is 23.9 Å². The smallest absolute Gasteiger partial charge is 0.410 e. The first-order valence-corrected chi connectivity index (χ1v) is 3.13. The van der Waals surface area contributed by atoms with Gasteiger partial charge in [0.2, 0.25) is 0 Å². The highest BCUT2D eigenvalue weighted by Gasteiger charge is 1.98. The zero-order chi connectivity index (χ0) is 8.97. The fourth-order valence-corrected chi connectivity index (χ4v) is 0.698. The molecule has 1 heterocycles. The van der Waals surface area contributed by atoms with Crippen molar-refractivity contribution in [3.63, 3.8) is 0 Å². The van der Waals surface area contributed by atoms with Crippen LogP contribution in [-0.2, 0) is 0 Å². The Bertz CT molecular complexity index is 311. The molecule has 1 aromatic rings. The number of aldehydes is 1. The Morgan fingerprint density at radius 3 is 3.00 bits per heavy atom. The van der Waals surface area contributed by atoms with Crippen LogP contribution in [0.4, 0.5) is 10.6 Å². The van der Waals surface area contributed by atoms with Crippen LogP contribution in [0.25, 0.3) is 0 Å². The topological polar surface area (TPSA) is 79.3 Å². The van der Waals surface area contributed by atoms with E-state index in [9.17, 15) is 9.59 Å². The summed E-state index contributed by atoms with van der Waals surface area (Å²) in [5.41, 5.74) is 0.383. The molecule has 0 aromatic carbocycles. The first-order valence-electron chi connectivity index (χ1n) is 3.13. The van der Waals surface area contributed by atoms with Crippen LogP contribution >= 0.6 is 0 Å². The fraction of sp³-hybridized carbons (Fsp3) is 0. The Hall–Kier alpha value is -1.91. The molecule has 2 N–H and O–H groups in total. The van der Waals surface area contributed by atoms with E-state index in [-0.39, 0.29) is 5.82 Å². The Kier molecular flexibility index (Phi) is 2.37. The van der Waals surface area contributed by atoms with Gasteiger partial charge in [-0.05, 0) is 12.1 Å². The van der Waals surface area contributed by atoms with Crippen LogP contribution in [0.5, 0.6) is 0 Å². The van der Waals surface area contributed by atoms with Crippen molar-refractivity contribution in [3.8, 4) is 0 Å². The standard InChI is InChI=1S/C7H6N2O3/c10-4-5-1-2-8-6(3-5)9-7(11)12/h1-4H,(H,8,9)(H,11,12). The largest absolute Gasteiger partial charge is 0.465 e. The zero-order valence-electron chi connectivity index (χ0n) is 6.02. The average molecular weight is 166 g/mol. The second-order valence-electron chi connectivity index (χ2n) is 2.02. The lowest BCUT2D eigenvalue weighted by molar-refractivity contribution is 0.112. The summed E-state index contributed by atoms with van der Waals surface area (Å²) in [6.45, 7) is 0. The zero-order valence-corrected chi connectivity index (χ0v) is 6.02. The predicted octanol–water partition coefficient (Wildman–Crippen LogP) is 0.984. The second kappa shape index (κ2) is 3.47. The molecule has 0 aliphatic heterocycles. The molecule has 0 fully saturated rings. The van der Waals surface area contributed by atoms with Crippen LogP contribution in [0.15, 0.2) is 18.3 Å². The monoisotopic (exact) mass is 166 g/mol. The summed E-state index contributed by atoms with van der Waals surface area (Å²) in [4.78, 5) is 24.0. The number of carbonyl (C=O) groups is 2. The van der Waals surface area contributed by atoms with Gasteiger partial charge in [0, 0.05) is 11.8 Å². The fourth-order valence-electron chi connectivity index (χ4n) is 0.698. The molecule has 0 unspecified atom stereocenters. The quantitative estimate of drug-likeness (QED) is 0.642. The highest BCUT2D eigenvalue weighted by Crippen LogP contribution is 2.03. The van der Waals surface area contributed by atoms with E-state index in [1.54, 1.807) is 0 Å². The molecule has 62 valence electrons. The van der Waals surface area contributed by atoms with E-state index < -0.39 is 6.09 Å². The average Bonchev–Trinajstić information content (AvgIpc) is 2.03. The van der Waals surface area contributed by atoms with E-state index >= 15 is 0 Å². The number of hydrogen-bond donors (Lipinski definition) is 2. The summed E-state index contributed by atoms with van der Waals surface area (Å²) < 4.78 is 0. The summed E-state index contributed by atoms with van der Waals surface area (Å²) in [5.74, 6) is 0.145. The molecular formula is C7H6N2O3. The molecule has 5 heteroatoms. The SMILES string of the molecule is O=Cc1ccnc(NC(=O)O)c1. The van der Waals surface area contributed by atoms with Gasteiger partial charge in [-0.3, -0.25) is 10.1 Å². The van der Waals surface area contributed by atoms with Gasteiger partial charge in [0.15, 0.2) is 0 Å². The molecule has 0 aliphatic carbocycles. The second-order valence-corrected chi connectivity index (χ2v) is 2.02. The Morgan fingerprint density at radius 1 is 1.67 bits per heavy atom. The number of rotatable bonds is 2. The molecule has 0 saturated heterocycles. The number of hydrogen-bond acceptors (Lipinski definition) is 3. The van der Waals surface area contributed by atoms with Gasteiger partial charge in [0.05, 0.1) is 0 Å². The molecule has 5 nitrogen and oxygen atoms in total. The van der Waals surface area contributed by atoms with Crippen LogP contribution < -0.4 is 5.32 Å². The van der Waals surface area contributed by atoms with Gasteiger partial charge in [-0.1, -0.05) is 0 Å². The minimum Gasteiger partial charge on any atom is -0.465 e. The van der Waals surface area contributed by atoms with Crippen molar-refractivity contribution in [2.45, 2.75) is 0 Å². The Morgan fingerprint density at radius 2 is 2.42 bits per heavy atom. The minimum atomic E-state index is -1.20. The molecule has 1 amide bonds. The highest BCUT2D eigenvalue weighted by atomic mass is 16.4. The van der Waals surface area contributed by atoms with Gasteiger partial charge in [-0.15, -0.1) is 0 Å². The van der Waals surface area contributed by atoms with Gasteiger partial charge in [-0.2, -0.15) is 0 Å². The van der Waals surface area contributed by atoms with Crippen LogP contribution in [0, 0.1) is 0 Å². The number of pyridine rings is 1. The molecule has 0 saturated carbocycles. The van der Waals surface area contributed by atoms with Crippen molar-refractivity contribution in [1.82, 2.24) is 4.98 Å². The number of carbonyl (C=O) groups excluding carboxylic acids is 1. The molecule has 1 aromatic heterocycles. The maximum Gasteiger partial charge on any atom is 0.410 e. The summed E-state index contributed by atoms with van der Waals surface area (Å²) in [6.07, 6.45) is 0.773. The van der Waals surface area contributed by atoms with Gasteiger partial charge >= 0.3 is 6.09 Å². The van der Waals surface area contributed by atoms with Gasteiger partial charge in [-0.25, -0.2) is 9.78 Å². The van der Waals surface area contributed by atoms with Gasteiger partial charge in [0.25, 0.3) is 0 Å². The Balaban J connectivity index is 2.86. The summed E-state index contributed by atoms with van der Waals surface area (Å²) >= 11 is 0. The predicted molar refractivity (Wildman–Crippen MR) is 41.3 cm³/mol. The number of anilines is 1. The summed E-state index contributed by atoms with van der Waals surface area (Å²) in [5, 5.41) is 10.3. The molecule has 12 heavy (non-hydrogen) atoms. The van der Waals surface area contributed by atoms with E-state index in [0.717, 1.165) is 0 Å². The molecule has 0 aliphatic rings. The molecule has 1 rings (SSSR count). The minimum absolute atomic E-state index is 0.145. The maximum atomic E-state index is 10.2. The number of nitrogens with zero attached hydrogens (tertiary/aromatic N) is 1. The molecule has 0 bridgehead atoms. The number of amides is 1. The van der Waals surface area contributed by atoms with E-state index in [1.165, 1.54) is 18.3 Å². The molecule has 0 radical (unpaired) electrons. The Labute approximate surface area is 68.0 Å². The lowest BCUT2D eigenvalue weighted by Gasteiger charge is -1.98. The van der Waals surface area contributed by atoms with Crippen LogP contribution in [0.3, 0.4) is 0 Å².